The number of phenols is 1. The van der Waals surface area contributed by atoms with E-state index < -0.39 is 13.0 Å². The number of nitrogens with one attached hydrogen (secondary N) is 1. The molecule has 0 heterocycles. The van der Waals surface area contributed by atoms with Crippen molar-refractivity contribution in [1.29, 1.82) is 0 Å². The molecule has 6 heteroatoms. The van der Waals surface area contributed by atoms with Gasteiger partial charge >= 0.3 is 0 Å². The van der Waals surface area contributed by atoms with Crippen molar-refractivity contribution in [2.75, 3.05) is 13.2 Å². The van der Waals surface area contributed by atoms with E-state index in [0.717, 1.165) is 0 Å². The lowest BCUT2D eigenvalue weighted by atomic mass is 10.2. The van der Waals surface area contributed by atoms with Gasteiger partial charge in [0, 0.05) is 18.5 Å². The minimum absolute atomic E-state index is 0.0142. The number of ether oxygens (including phenoxy) is 1. The fourth-order valence-corrected chi connectivity index (χ4v) is 1.28. The number of halogens is 2. The number of phenolic OH excluding ortho intramolecular Hbond substituents is 1. The van der Waals surface area contributed by atoms with E-state index in [4.69, 9.17) is 0 Å². The van der Waals surface area contributed by atoms with E-state index >= 15 is 0 Å². The number of carbonyl (C=O) groups excluding carboxylic acids is 1. The smallest absolute Gasteiger partial charge is 0.261 e. The van der Waals surface area contributed by atoms with E-state index in [-0.39, 0.29) is 31.2 Å². The molecule has 0 unspecified atom stereocenters. The van der Waals surface area contributed by atoms with Gasteiger partial charge in [-0.3, -0.25) is 4.79 Å². The lowest BCUT2D eigenvalue weighted by molar-refractivity contribution is -0.122. The first-order valence-electron chi connectivity index (χ1n) is 5.49. The highest BCUT2D eigenvalue weighted by Crippen LogP contribution is 2.14. The molecule has 0 bridgehead atoms. The van der Waals surface area contributed by atoms with Crippen LogP contribution < -0.4 is 5.32 Å². The van der Waals surface area contributed by atoms with Crippen LogP contribution >= 0.6 is 0 Å². The fraction of sp³-hybridized carbons (Fsp3) is 0.417. The number of amides is 1. The maximum Gasteiger partial charge on any atom is 0.261 e. The monoisotopic (exact) mass is 259 g/mol. The normalized spacial score (nSPS) is 10.6. The topological polar surface area (TPSA) is 58.6 Å². The molecule has 0 aromatic heterocycles. The molecule has 0 fully saturated rings. The number of aromatic hydroxyl groups is 1. The molecule has 1 rings (SSSR count). The van der Waals surface area contributed by atoms with Crippen molar-refractivity contribution in [3.05, 3.63) is 29.8 Å². The van der Waals surface area contributed by atoms with Gasteiger partial charge in [0.25, 0.3) is 6.43 Å². The minimum atomic E-state index is -2.52. The number of alkyl halides is 2. The van der Waals surface area contributed by atoms with Crippen LogP contribution in [0.15, 0.2) is 24.3 Å². The first-order valence-corrected chi connectivity index (χ1v) is 5.49. The summed E-state index contributed by atoms with van der Waals surface area (Å²) in [6.07, 6.45) is -2.50. The van der Waals surface area contributed by atoms with Crippen LogP contribution in [0.25, 0.3) is 0 Å². The molecule has 1 amide bonds. The Balaban J connectivity index is 2.19. The van der Waals surface area contributed by atoms with Gasteiger partial charge in [-0.2, -0.15) is 0 Å². The van der Waals surface area contributed by atoms with Crippen LogP contribution in [0.2, 0.25) is 0 Å². The average molecular weight is 259 g/mol. The quantitative estimate of drug-likeness (QED) is 0.732. The molecule has 1 aromatic carbocycles. The van der Waals surface area contributed by atoms with Crippen LogP contribution in [0.3, 0.4) is 0 Å². The zero-order valence-corrected chi connectivity index (χ0v) is 9.73. The number of hydrogen-bond acceptors (Lipinski definition) is 3. The van der Waals surface area contributed by atoms with Gasteiger partial charge in [-0.15, -0.1) is 0 Å². The first kappa shape index (κ1) is 14.4. The predicted octanol–water partition coefficient (Wildman–Crippen LogP) is 1.68. The first-order chi connectivity index (χ1) is 8.59. The SMILES string of the molecule is O=C(CCOCC(F)F)NCc1ccccc1O. The Morgan fingerprint density at radius 2 is 2.11 bits per heavy atom. The Morgan fingerprint density at radius 3 is 2.78 bits per heavy atom. The van der Waals surface area contributed by atoms with Gasteiger partial charge in [-0.25, -0.2) is 8.78 Å². The van der Waals surface area contributed by atoms with Crippen molar-refractivity contribution < 1.29 is 23.4 Å². The molecule has 0 atom stereocenters. The van der Waals surface area contributed by atoms with Crippen molar-refractivity contribution in [3.63, 3.8) is 0 Å². The third-order valence-corrected chi connectivity index (χ3v) is 2.18. The Labute approximate surface area is 104 Å². The van der Waals surface area contributed by atoms with Crippen molar-refractivity contribution in [1.82, 2.24) is 5.32 Å². The Kier molecular flexibility index (Phi) is 6.07. The molecule has 4 nitrogen and oxygen atoms in total. The molecule has 100 valence electrons. The molecule has 0 spiro atoms. The van der Waals surface area contributed by atoms with Crippen LogP contribution in [-0.2, 0) is 16.1 Å². The molecule has 0 saturated carbocycles. The fourth-order valence-electron chi connectivity index (χ4n) is 1.28. The third-order valence-electron chi connectivity index (χ3n) is 2.18. The second kappa shape index (κ2) is 7.60. The van der Waals surface area contributed by atoms with Crippen LogP contribution in [0.1, 0.15) is 12.0 Å². The summed E-state index contributed by atoms with van der Waals surface area (Å²) in [6, 6.07) is 6.63. The summed E-state index contributed by atoms with van der Waals surface area (Å²) >= 11 is 0. The highest BCUT2D eigenvalue weighted by atomic mass is 19.3. The molecule has 18 heavy (non-hydrogen) atoms. The Hall–Kier alpha value is -1.69. The van der Waals surface area contributed by atoms with Crippen LogP contribution in [0, 0.1) is 0 Å². The third kappa shape index (κ3) is 5.58. The van der Waals surface area contributed by atoms with E-state index in [0.29, 0.717) is 5.56 Å². The Morgan fingerprint density at radius 1 is 1.39 bits per heavy atom. The summed E-state index contributed by atoms with van der Waals surface area (Å²) in [5.74, 6) is -0.209. The van der Waals surface area contributed by atoms with E-state index in [2.05, 4.69) is 10.1 Å². The van der Waals surface area contributed by atoms with Gasteiger partial charge in [-0.05, 0) is 6.07 Å². The molecule has 0 radical (unpaired) electrons. The zero-order chi connectivity index (χ0) is 13.4. The number of benzene rings is 1. The molecular formula is C12H15F2NO3. The van der Waals surface area contributed by atoms with Gasteiger partial charge in [0.1, 0.15) is 12.4 Å². The van der Waals surface area contributed by atoms with Gasteiger partial charge in [0.05, 0.1) is 6.61 Å². The van der Waals surface area contributed by atoms with Gasteiger partial charge in [0.2, 0.25) is 5.91 Å². The minimum Gasteiger partial charge on any atom is -0.508 e. The lowest BCUT2D eigenvalue weighted by Crippen LogP contribution is -2.24. The van der Waals surface area contributed by atoms with E-state index in [9.17, 15) is 18.7 Å². The van der Waals surface area contributed by atoms with Crippen molar-refractivity contribution in [2.45, 2.75) is 19.4 Å². The molecule has 0 aliphatic rings. The van der Waals surface area contributed by atoms with Crippen molar-refractivity contribution in [2.24, 2.45) is 0 Å². The Bertz CT molecular complexity index is 385. The standard InChI is InChI=1S/C12H15F2NO3/c13-11(14)8-18-6-5-12(17)15-7-9-3-1-2-4-10(9)16/h1-4,11,16H,5-8H2,(H,15,17). The summed E-state index contributed by atoms with van der Waals surface area (Å²) in [5.41, 5.74) is 0.597. The van der Waals surface area contributed by atoms with Crippen molar-refractivity contribution >= 4 is 5.91 Å². The number of para-hydroxylation sites is 1. The van der Waals surface area contributed by atoms with Crippen molar-refractivity contribution in [3.8, 4) is 5.75 Å². The molecule has 0 aliphatic carbocycles. The molecule has 1 aromatic rings. The molecular weight excluding hydrogens is 244 g/mol. The van der Waals surface area contributed by atoms with Crippen LogP contribution in [0.5, 0.6) is 5.75 Å². The number of hydrogen-bond donors (Lipinski definition) is 2. The number of carbonyl (C=O) groups is 1. The molecule has 0 aliphatic heterocycles. The summed E-state index contributed by atoms with van der Waals surface area (Å²) < 4.78 is 28.0. The van der Waals surface area contributed by atoms with Gasteiger partial charge in [-0.1, -0.05) is 18.2 Å². The maximum atomic E-state index is 11.7. The van der Waals surface area contributed by atoms with Gasteiger partial charge < -0.3 is 15.2 Å². The summed E-state index contributed by atoms with van der Waals surface area (Å²) in [4.78, 5) is 11.3. The summed E-state index contributed by atoms with van der Waals surface area (Å²) in [7, 11) is 0. The van der Waals surface area contributed by atoms with Crippen LogP contribution in [-0.4, -0.2) is 30.7 Å². The zero-order valence-electron chi connectivity index (χ0n) is 9.73. The number of rotatable bonds is 7. The predicted molar refractivity (Wildman–Crippen MR) is 61.4 cm³/mol. The lowest BCUT2D eigenvalue weighted by Gasteiger charge is -2.07. The summed E-state index contributed by atoms with van der Waals surface area (Å²) in [6.45, 7) is -0.510. The van der Waals surface area contributed by atoms with E-state index in [1.807, 2.05) is 0 Å². The maximum absolute atomic E-state index is 11.7. The largest absolute Gasteiger partial charge is 0.508 e. The second-order valence-electron chi connectivity index (χ2n) is 3.62. The highest BCUT2D eigenvalue weighted by Gasteiger charge is 2.06. The molecule has 2 N–H and O–H groups in total. The van der Waals surface area contributed by atoms with E-state index in [1.165, 1.54) is 6.07 Å². The van der Waals surface area contributed by atoms with Crippen LogP contribution in [0.4, 0.5) is 8.78 Å². The molecule has 0 saturated heterocycles. The summed E-state index contributed by atoms with van der Waals surface area (Å²) in [5, 5.41) is 12.0. The average Bonchev–Trinajstić information content (AvgIpc) is 2.33. The van der Waals surface area contributed by atoms with Gasteiger partial charge in [0.15, 0.2) is 0 Å². The van der Waals surface area contributed by atoms with E-state index in [1.54, 1.807) is 18.2 Å². The highest BCUT2D eigenvalue weighted by molar-refractivity contribution is 5.76. The second-order valence-corrected chi connectivity index (χ2v) is 3.62.